The summed E-state index contributed by atoms with van der Waals surface area (Å²) in [6.07, 6.45) is 6.03. The average Bonchev–Trinajstić information content (AvgIpc) is 3.61. The molecule has 0 bridgehead atoms. The number of thiophene rings is 1. The molecule has 1 amide bonds. The molecule has 3 aliphatic rings. The van der Waals surface area contributed by atoms with Gasteiger partial charge >= 0.3 is 0 Å². The highest BCUT2D eigenvalue weighted by Gasteiger charge is 2.34. The lowest BCUT2D eigenvalue weighted by molar-refractivity contribution is 0.0996. The van der Waals surface area contributed by atoms with Crippen molar-refractivity contribution in [2.24, 2.45) is 0 Å². The molecule has 7 nitrogen and oxygen atoms in total. The summed E-state index contributed by atoms with van der Waals surface area (Å²) in [6.45, 7) is 4.22. The molecule has 3 aromatic rings. The van der Waals surface area contributed by atoms with Crippen LogP contribution in [-0.4, -0.2) is 55.7 Å². The smallest absolute Gasteiger partial charge is 0.291 e. The quantitative estimate of drug-likeness (QED) is 0.580. The third kappa shape index (κ3) is 4.00. The van der Waals surface area contributed by atoms with Gasteiger partial charge in [0.15, 0.2) is 17.3 Å². The van der Waals surface area contributed by atoms with Gasteiger partial charge in [-0.3, -0.25) is 9.69 Å². The Hall–Kier alpha value is -2.81. The van der Waals surface area contributed by atoms with Crippen LogP contribution < -0.4 is 14.8 Å². The summed E-state index contributed by atoms with van der Waals surface area (Å²) in [5.74, 6) is 1.71. The molecule has 1 N–H and O–H groups in total. The Balaban J connectivity index is 1.46. The Kier molecular flexibility index (Phi) is 5.80. The second-order valence-corrected chi connectivity index (χ2v) is 10.3. The molecule has 1 aromatic carbocycles. The number of furan rings is 1. The molecule has 2 aliphatic heterocycles. The van der Waals surface area contributed by atoms with Gasteiger partial charge in [-0.25, -0.2) is 0 Å². The van der Waals surface area contributed by atoms with Crippen molar-refractivity contribution < 1.29 is 18.7 Å². The molecule has 6 rings (SSSR count). The van der Waals surface area contributed by atoms with Crippen molar-refractivity contribution in [2.45, 2.75) is 31.7 Å². The molecule has 1 aliphatic carbocycles. The second-order valence-electron chi connectivity index (χ2n) is 9.24. The zero-order chi connectivity index (χ0) is 23.1. The number of benzene rings is 1. The van der Waals surface area contributed by atoms with Crippen LogP contribution in [0.2, 0.25) is 0 Å². The molecular weight excluding hydrogens is 450 g/mol. The summed E-state index contributed by atoms with van der Waals surface area (Å²) in [5.41, 5.74) is 3.82. The van der Waals surface area contributed by atoms with Crippen LogP contribution in [0.3, 0.4) is 0 Å². The number of hydrogen-bond acceptors (Lipinski definition) is 7. The molecule has 34 heavy (non-hydrogen) atoms. The lowest BCUT2D eigenvalue weighted by Gasteiger charge is -2.39. The summed E-state index contributed by atoms with van der Waals surface area (Å²) in [7, 11) is 2.17. The Labute approximate surface area is 203 Å². The predicted molar refractivity (Wildman–Crippen MR) is 131 cm³/mol. The number of piperazine rings is 1. The minimum Gasteiger partial charge on any atom is -0.459 e. The van der Waals surface area contributed by atoms with E-state index in [4.69, 9.17) is 13.9 Å². The van der Waals surface area contributed by atoms with Gasteiger partial charge in [-0.1, -0.05) is 6.07 Å². The van der Waals surface area contributed by atoms with Crippen LogP contribution in [0.5, 0.6) is 11.5 Å². The van der Waals surface area contributed by atoms with E-state index in [1.165, 1.54) is 40.7 Å². The molecule has 8 heteroatoms. The number of hydrogen-bond donors (Lipinski definition) is 1. The Morgan fingerprint density at radius 3 is 2.71 bits per heavy atom. The highest BCUT2D eigenvalue weighted by Crippen LogP contribution is 2.47. The van der Waals surface area contributed by atoms with Crippen LogP contribution in [0, 0.1) is 0 Å². The first-order valence-corrected chi connectivity index (χ1v) is 12.8. The van der Waals surface area contributed by atoms with Gasteiger partial charge in [0.25, 0.3) is 5.91 Å². The van der Waals surface area contributed by atoms with Crippen LogP contribution in [-0.2, 0) is 12.8 Å². The van der Waals surface area contributed by atoms with E-state index in [0.29, 0.717) is 5.76 Å². The number of aryl methyl sites for hydroxylation is 1. The van der Waals surface area contributed by atoms with E-state index in [9.17, 15) is 4.79 Å². The normalized spacial score (nSPS) is 19.1. The Morgan fingerprint density at radius 1 is 1.06 bits per heavy atom. The monoisotopic (exact) mass is 479 g/mol. The lowest BCUT2D eigenvalue weighted by atomic mass is 9.88. The average molecular weight is 480 g/mol. The zero-order valence-electron chi connectivity index (χ0n) is 19.3. The van der Waals surface area contributed by atoms with Crippen LogP contribution in [0.1, 0.15) is 51.0 Å². The fourth-order valence-electron chi connectivity index (χ4n) is 5.27. The molecule has 2 aromatic heterocycles. The third-order valence-corrected chi connectivity index (χ3v) is 8.30. The standard InChI is InChI=1S/C26H29N3O4S/c1-28-10-12-29(13-11-28)24(17-8-9-19-21(15-17)33-16-32-19)23-18-5-2-3-7-22(18)34-26(23)27-25(30)20-6-4-14-31-20/h4,6,8-9,14-15,24H,2-3,5,7,10-13,16H2,1H3,(H,27,30)/t24-/m1/s1. The third-order valence-electron chi connectivity index (χ3n) is 7.07. The maximum absolute atomic E-state index is 13.0. The number of rotatable bonds is 5. The number of amides is 1. The SMILES string of the molecule is CN1CCN([C@H](c2ccc3c(c2)OCO3)c2c(NC(=O)c3ccco3)sc3c2CCCC3)CC1. The number of likely N-dealkylation sites (N-methyl/N-ethyl adjacent to an activating group) is 1. The van der Waals surface area contributed by atoms with Crippen molar-refractivity contribution in [3.8, 4) is 11.5 Å². The first-order valence-electron chi connectivity index (χ1n) is 12.0. The van der Waals surface area contributed by atoms with Gasteiger partial charge in [0.2, 0.25) is 6.79 Å². The first-order chi connectivity index (χ1) is 16.7. The molecule has 1 atom stereocenters. The van der Waals surface area contributed by atoms with E-state index in [2.05, 4.69) is 34.3 Å². The van der Waals surface area contributed by atoms with Gasteiger partial charge in [0, 0.05) is 36.6 Å². The number of nitrogens with one attached hydrogen (secondary N) is 1. The maximum atomic E-state index is 13.0. The van der Waals surface area contributed by atoms with Crippen molar-refractivity contribution in [3.05, 3.63) is 63.9 Å². The fraction of sp³-hybridized carbons (Fsp3) is 0.423. The summed E-state index contributed by atoms with van der Waals surface area (Å²) in [4.78, 5) is 19.3. The van der Waals surface area contributed by atoms with Crippen molar-refractivity contribution in [2.75, 3.05) is 45.3 Å². The molecule has 1 saturated heterocycles. The highest BCUT2D eigenvalue weighted by atomic mass is 32.1. The van der Waals surface area contributed by atoms with E-state index in [1.54, 1.807) is 23.5 Å². The summed E-state index contributed by atoms with van der Waals surface area (Å²) < 4.78 is 16.7. The van der Waals surface area contributed by atoms with Crippen molar-refractivity contribution in [1.29, 1.82) is 0 Å². The lowest BCUT2D eigenvalue weighted by Crippen LogP contribution is -2.46. The van der Waals surface area contributed by atoms with Gasteiger partial charge in [0.1, 0.15) is 5.00 Å². The van der Waals surface area contributed by atoms with E-state index in [1.807, 2.05) is 6.07 Å². The van der Waals surface area contributed by atoms with Crippen molar-refractivity contribution in [3.63, 3.8) is 0 Å². The number of carbonyl (C=O) groups excluding carboxylic acids is 1. The van der Waals surface area contributed by atoms with Crippen LogP contribution in [0.4, 0.5) is 5.00 Å². The Bertz CT molecular complexity index is 1180. The molecule has 0 spiro atoms. The molecule has 0 radical (unpaired) electrons. The van der Waals surface area contributed by atoms with Crippen LogP contribution in [0.25, 0.3) is 0 Å². The molecule has 4 heterocycles. The predicted octanol–water partition coefficient (Wildman–Crippen LogP) is 4.54. The Morgan fingerprint density at radius 2 is 1.88 bits per heavy atom. The molecular formula is C26H29N3O4S. The summed E-state index contributed by atoms with van der Waals surface area (Å²) in [6, 6.07) is 9.78. The first kappa shape index (κ1) is 21.7. The maximum Gasteiger partial charge on any atom is 0.291 e. The van der Waals surface area contributed by atoms with Gasteiger partial charge in [-0.2, -0.15) is 0 Å². The zero-order valence-corrected chi connectivity index (χ0v) is 20.2. The van der Waals surface area contributed by atoms with Crippen molar-refractivity contribution >= 4 is 22.2 Å². The molecule has 1 fully saturated rings. The van der Waals surface area contributed by atoms with E-state index in [-0.39, 0.29) is 18.7 Å². The molecule has 0 saturated carbocycles. The van der Waals surface area contributed by atoms with E-state index in [0.717, 1.165) is 55.5 Å². The minimum atomic E-state index is -0.201. The van der Waals surface area contributed by atoms with Gasteiger partial charge in [-0.05, 0) is 68.1 Å². The molecule has 178 valence electrons. The second kappa shape index (κ2) is 9.09. The summed E-state index contributed by atoms with van der Waals surface area (Å²) >= 11 is 1.73. The van der Waals surface area contributed by atoms with E-state index < -0.39 is 0 Å². The number of ether oxygens (including phenoxy) is 2. The number of anilines is 1. The number of carbonyl (C=O) groups is 1. The van der Waals surface area contributed by atoms with Gasteiger partial charge in [-0.15, -0.1) is 11.3 Å². The number of nitrogens with zero attached hydrogens (tertiary/aromatic N) is 2. The highest BCUT2D eigenvalue weighted by molar-refractivity contribution is 7.16. The fourth-order valence-corrected chi connectivity index (χ4v) is 6.58. The van der Waals surface area contributed by atoms with Crippen LogP contribution >= 0.6 is 11.3 Å². The summed E-state index contributed by atoms with van der Waals surface area (Å²) in [5, 5.41) is 4.15. The van der Waals surface area contributed by atoms with Crippen LogP contribution in [0.15, 0.2) is 41.0 Å². The van der Waals surface area contributed by atoms with Gasteiger partial charge in [0.05, 0.1) is 12.3 Å². The largest absolute Gasteiger partial charge is 0.459 e. The topological polar surface area (TPSA) is 67.2 Å². The van der Waals surface area contributed by atoms with Crippen molar-refractivity contribution in [1.82, 2.24) is 9.80 Å². The molecule has 0 unspecified atom stereocenters. The van der Waals surface area contributed by atoms with E-state index >= 15 is 0 Å². The van der Waals surface area contributed by atoms with Gasteiger partial charge < -0.3 is 24.1 Å². The number of fused-ring (bicyclic) bond motifs is 2. The minimum absolute atomic E-state index is 0.0354.